The molecule has 1 saturated carbocycles. The molecule has 22 heavy (non-hydrogen) atoms. The lowest BCUT2D eigenvalue weighted by Crippen LogP contribution is -2.37. The number of aromatic nitrogens is 1. The molecule has 4 nitrogen and oxygen atoms in total. The van der Waals surface area contributed by atoms with Crippen LogP contribution in [0.15, 0.2) is 18.3 Å². The van der Waals surface area contributed by atoms with Crippen molar-refractivity contribution >= 4 is 5.91 Å². The number of alkyl halides is 3. The van der Waals surface area contributed by atoms with Gasteiger partial charge in [-0.15, -0.1) is 0 Å². The van der Waals surface area contributed by atoms with Crippen molar-refractivity contribution in [2.75, 3.05) is 6.61 Å². The summed E-state index contributed by atoms with van der Waals surface area (Å²) in [7, 11) is 0. The fraction of sp³-hybridized carbons (Fsp3) is 0.600. The summed E-state index contributed by atoms with van der Waals surface area (Å²) >= 11 is 0. The number of nitrogens with zero attached hydrogens (tertiary/aromatic N) is 1. The third-order valence-electron chi connectivity index (χ3n) is 3.74. The highest BCUT2D eigenvalue weighted by Crippen LogP contribution is 2.24. The van der Waals surface area contributed by atoms with E-state index < -0.39 is 18.7 Å². The quantitative estimate of drug-likeness (QED) is 0.927. The van der Waals surface area contributed by atoms with Gasteiger partial charge >= 0.3 is 6.18 Å². The number of hydrogen-bond acceptors (Lipinski definition) is 3. The van der Waals surface area contributed by atoms with Gasteiger partial charge in [0.25, 0.3) is 5.91 Å². The number of pyridine rings is 1. The first-order valence-electron chi connectivity index (χ1n) is 7.30. The highest BCUT2D eigenvalue weighted by molar-refractivity contribution is 5.96. The Balaban J connectivity index is 2.00. The lowest BCUT2D eigenvalue weighted by Gasteiger charge is -2.27. The standard InChI is InChI=1S/C15H19F3N2O2/c1-10-4-6-11(7-5-10)20-13(21)12-3-2-8-19-14(12)22-9-15(16,17)18/h2-3,8,10-11H,4-7,9H2,1H3,(H,20,21). The van der Waals surface area contributed by atoms with Crippen LogP contribution in [0.2, 0.25) is 0 Å². The summed E-state index contributed by atoms with van der Waals surface area (Å²) in [6.45, 7) is 0.702. The van der Waals surface area contributed by atoms with Gasteiger partial charge in [-0.25, -0.2) is 4.98 Å². The van der Waals surface area contributed by atoms with Gasteiger partial charge in [0.1, 0.15) is 5.56 Å². The van der Waals surface area contributed by atoms with E-state index in [1.807, 2.05) is 0 Å². The molecule has 0 aromatic carbocycles. The molecule has 1 aromatic heterocycles. The maximum absolute atomic E-state index is 12.2. The van der Waals surface area contributed by atoms with E-state index in [1.165, 1.54) is 18.3 Å². The van der Waals surface area contributed by atoms with Crippen LogP contribution in [-0.4, -0.2) is 29.7 Å². The lowest BCUT2D eigenvalue weighted by atomic mass is 9.87. The Labute approximate surface area is 127 Å². The third-order valence-corrected chi connectivity index (χ3v) is 3.74. The largest absolute Gasteiger partial charge is 0.467 e. The Morgan fingerprint density at radius 3 is 2.68 bits per heavy atom. The van der Waals surface area contributed by atoms with Crippen molar-refractivity contribution in [3.63, 3.8) is 0 Å². The second-order valence-electron chi connectivity index (χ2n) is 5.69. The van der Waals surface area contributed by atoms with Gasteiger partial charge in [-0.2, -0.15) is 13.2 Å². The van der Waals surface area contributed by atoms with E-state index in [0.29, 0.717) is 5.92 Å². The molecule has 0 atom stereocenters. The van der Waals surface area contributed by atoms with E-state index in [2.05, 4.69) is 22.0 Å². The van der Waals surface area contributed by atoms with E-state index in [1.54, 1.807) is 0 Å². The topological polar surface area (TPSA) is 51.2 Å². The molecule has 1 aliphatic carbocycles. The first kappa shape index (κ1) is 16.6. The van der Waals surface area contributed by atoms with Crippen molar-refractivity contribution in [1.82, 2.24) is 10.3 Å². The van der Waals surface area contributed by atoms with Crippen molar-refractivity contribution in [3.05, 3.63) is 23.9 Å². The predicted octanol–water partition coefficient (Wildman–Crippen LogP) is 3.33. The molecule has 7 heteroatoms. The first-order valence-corrected chi connectivity index (χ1v) is 7.30. The molecule has 1 heterocycles. The third kappa shape index (κ3) is 4.89. The summed E-state index contributed by atoms with van der Waals surface area (Å²) in [6, 6.07) is 2.97. The normalized spacial score (nSPS) is 22.2. The van der Waals surface area contributed by atoms with Gasteiger partial charge in [0.05, 0.1) is 0 Å². The fourth-order valence-electron chi connectivity index (χ4n) is 2.50. The highest BCUT2D eigenvalue weighted by Gasteiger charge is 2.30. The Hall–Kier alpha value is -1.79. The smallest absolute Gasteiger partial charge is 0.422 e. The number of ether oxygens (including phenoxy) is 1. The molecule has 0 saturated heterocycles. The Bertz CT molecular complexity index is 512. The summed E-state index contributed by atoms with van der Waals surface area (Å²) in [5, 5.41) is 2.85. The van der Waals surface area contributed by atoms with Crippen LogP contribution in [0, 0.1) is 5.92 Å². The number of hydrogen-bond donors (Lipinski definition) is 1. The zero-order valence-electron chi connectivity index (χ0n) is 12.3. The molecule has 0 aliphatic heterocycles. The zero-order valence-corrected chi connectivity index (χ0v) is 12.3. The molecular formula is C15H19F3N2O2. The fourth-order valence-corrected chi connectivity index (χ4v) is 2.50. The second-order valence-corrected chi connectivity index (χ2v) is 5.69. The Morgan fingerprint density at radius 2 is 2.05 bits per heavy atom. The number of rotatable bonds is 4. The molecule has 1 aliphatic rings. The van der Waals surface area contributed by atoms with E-state index in [-0.39, 0.29) is 17.5 Å². The highest BCUT2D eigenvalue weighted by atomic mass is 19.4. The minimum absolute atomic E-state index is 0.0328. The number of halogens is 3. The molecule has 1 fully saturated rings. The van der Waals surface area contributed by atoms with Gasteiger partial charge in [0.15, 0.2) is 6.61 Å². The maximum atomic E-state index is 12.2. The van der Waals surface area contributed by atoms with Crippen LogP contribution < -0.4 is 10.1 Å². The average Bonchev–Trinajstić information content (AvgIpc) is 2.47. The number of amides is 1. The summed E-state index contributed by atoms with van der Waals surface area (Å²) in [4.78, 5) is 16.0. The van der Waals surface area contributed by atoms with Crippen molar-refractivity contribution in [3.8, 4) is 5.88 Å². The van der Waals surface area contributed by atoms with Gasteiger partial charge < -0.3 is 10.1 Å². The van der Waals surface area contributed by atoms with E-state index in [9.17, 15) is 18.0 Å². The van der Waals surface area contributed by atoms with E-state index >= 15 is 0 Å². The van der Waals surface area contributed by atoms with Crippen molar-refractivity contribution < 1.29 is 22.7 Å². The van der Waals surface area contributed by atoms with Crippen molar-refractivity contribution in [2.45, 2.75) is 44.8 Å². The number of carbonyl (C=O) groups is 1. The van der Waals surface area contributed by atoms with Gasteiger partial charge in [-0.05, 0) is 43.7 Å². The Kier molecular flexibility index (Phi) is 5.26. The summed E-state index contributed by atoms with van der Waals surface area (Å²) in [5.41, 5.74) is 0.0328. The van der Waals surface area contributed by atoms with Gasteiger partial charge in [0, 0.05) is 12.2 Å². The summed E-state index contributed by atoms with van der Waals surface area (Å²) in [5.74, 6) is -0.0800. The van der Waals surface area contributed by atoms with Crippen LogP contribution in [-0.2, 0) is 0 Å². The maximum Gasteiger partial charge on any atom is 0.422 e. The van der Waals surface area contributed by atoms with Crippen LogP contribution in [0.3, 0.4) is 0 Å². The molecular weight excluding hydrogens is 297 g/mol. The summed E-state index contributed by atoms with van der Waals surface area (Å²) in [6.07, 6.45) is 0.665. The molecule has 1 aromatic rings. The van der Waals surface area contributed by atoms with Gasteiger partial charge in [0.2, 0.25) is 5.88 Å². The molecule has 0 spiro atoms. The minimum Gasteiger partial charge on any atom is -0.467 e. The van der Waals surface area contributed by atoms with Crippen molar-refractivity contribution in [1.29, 1.82) is 0 Å². The second kappa shape index (κ2) is 6.98. The van der Waals surface area contributed by atoms with E-state index in [0.717, 1.165) is 25.7 Å². The SMILES string of the molecule is CC1CCC(NC(=O)c2cccnc2OCC(F)(F)F)CC1. The molecule has 2 rings (SSSR count). The zero-order chi connectivity index (χ0) is 16.2. The molecule has 1 amide bonds. The number of carbonyl (C=O) groups excluding carboxylic acids is 1. The molecule has 0 radical (unpaired) electrons. The van der Waals surface area contributed by atoms with Crippen LogP contribution >= 0.6 is 0 Å². The first-order chi connectivity index (χ1) is 10.3. The van der Waals surface area contributed by atoms with Crippen LogP contribution in [0.4, 0.5) is 13.2 Å². The van der Waals surface area contributed by atoms with Gasteiger partial charge in [-0.3, -0.25) is 4.79 Å². The molecule has 1 N–H and O–H groups in total. The molecule has 0 unspecified atom stereocenters. The average molecular weight is 316 g/mol. The van der Waals surface area contributed by atoms with Crippen LogP contribution in [0.5, 0.6) is 5.88 Å². The Morgan fingerprint density at radius 1 is 1.36 bits per heavy atom. The number of nitrogens with one attached hydrogen (secondary N) is 1. The van der Waals surface area contributed by atoms with E-state index in [4.69, 9.17) is 0 Å². The molecule has 0 bridgehead atoms. The lowest BCUT2D eigenvalue weighted by molar-refractivity contribution is -0.154. The van der Waals surface area contributed by atoms with Crippen LogP contribution in [0.25, 0.3) is 0 Å². The monoisotopic (exact) mass is 316 g/mol. The van der Waals surface area contributed by atoms with Crippen LogP contribution in [0.1, 0.15) is 43.0 Å². The minimum atomic E-state index is -4.47. The molecule has 122 valence electrons. The van der Waals surface area contributed by atoms with Crippen molar-refractivity contribution in [2.24, 2.45) is 5.92 Å². The summed E-state index contributed by atoms with van der Waals surface area (Å²) < 4.78 is 41.3. The van der Waals surface area contributed by atoms with Gasteiger partial charge in [-0.1, -0.05) is 6.92 Å². The predicted molar refractivity (Wildman–Crippen MR) is 74.7 cm³/mol.